The Kier molecular flexibility index (Phi) is 5.04. The van der Waals surface area contributed by atoms with Gasteiger partial charge in [0.05, 0.1) is 6.61 Å². The summed E-state index contributed by atoms with van der Waals surface area (Å²) in [5.41, 5.74) is 4.24. The van der Waals surface area contributed by atoms with Crippen LogP contribution >= 0.6 is 0 Å². The van der Waals surface area contributed by atoms with E-state index in [1.54, 1.807) is 44.2 Å². The van der Waals surface area contributed by atoms with Gasteiger partial charge in [0, 0.05) is 11.0 Å². The Morgan fingerprint density at radius 3 is 1.96 bits per heavy atom. The van der Waals surface area contributed by atoms with E-state index in [0.29, 0.717) is 5.56 Å². The lowest BCUT2D eigenvalue weighted by atomic mass is 9.67. The van der Waals surface area contributed by atoms with Crippen molar-refractivity contribution < 1.29 is 14.7 Å². The van der Waals surface area contributed by atoms with Gasteiger partial charge in [-0.3, -0.25) is 9.59 Å². The number of benzene rings is 2. The van der Waals surface area contributed by atoms with Crippen LogP contribution in [-0.4, -0.2) is 29.1 Å². The molecule has 2 aromatic carbocycles. The number of carbonyl (C=O) groups excluding carboxylic acids is 2. The number of rotatable bonds is 6. The number of primary amides is 1. The van der Waals surface area contributed by atoms with Gasteiger partial charge >= 0.3 is 0 Å². The molecular formula is C19H22N2O3. The summed E-state index contributed by atoms with van der Waals surface area (Å²) in [6.45, 7) is 2.94. The maximum atomic E-state index is 12.6. The molecule has 2 aromatic rings. The maximum absolute atomic E-state index is 12.6. The number of nitrogens with one attached hydrogen (secondary N) is 1. The van der Waals surface area contributed by atoms with Gasteiger partial charge in [0.1, 0.15) is 0 Å². The van der Waals surface area contributed by atoms with Crippen molar-refractivity contribution in [1.82, 2.24) is 5.32 Å². The molecule has 0 aliphatic rings. The average Bonchev–Trinajstić information content (AvgIpc) is 2.60. The van der Waals surface area contributed by atoms with E-state index in [-0.39, 0.29) is 0 Å². The van der Waals surface area contributed by atoms with Crippen molar-refractivity contribution >= 4 is 11.8 Å². The van der Waals surface area contributed by atoms with E-state index < -0.39 is 29.4 Å². The van der Waals surface area contributed by atoms with Gasteiger partial charge in [-0.25, -0.2) is 0 Å². The molecule has 126 valence electrons. The van der Waals surface area contributed by atoms with E-state index >= 15 is 0 Å². The summed E-state index contributed by atoms with van der Waals surface area (Å²) in [4.78, 5) is 24.9. The van der Waals surface area contributed by atoms with Gasteiger partial charge in [0.25, 0.3) is 5.91 Å². The molecule has 0 saturated carbocycles. The van der Waals surface area contributed by atoms with Crippen LogP contribution < -0.4 is 11.1 Å². The van der Waals surface area contributed by atoms with Crippen LogP contribution in [0, 0.1) is 0 Å². The first-order valence-corrected chi connectivity index (χ1v) is 7.69. The second-order valence-electron chi connectivity index (χ2n) is 6.24. The molecule has 1 unspecified atom stereocenters. The van der Waals surface area contributed by atoms with Gasteiger partial charge in [-0.15, -0.1) is 0 Å². The Hall–Kier alpha value is -2.66. The highest BCUT2D eigenvalue weighted by atomic mass is 16.3. The smallest absolute Gasteiger partial charge is 0.252 e. The van der Waals surface area contributed by atoms with Crippen molar-refractivity contribution in [3.63, 3.8) is 0 Å². The van der Waals surface area contributed by atoms with Crippen LogP contribution in [0.3, 0.4) is 0 Å². The van der Waals surface area contributed by atoms with Crippen molar-refractivity contribution in [3.8, 4) is 0 Å². The molecule has 0 saturated heterocycles. The van der Waals surface area contributed by atoms with Crippen LogP contribution in [0.5, 0.6) is 0 Å². The second-order valence-corrected chi connectivity index (χ2v) is 6.24. The first-order valence-electron chi connectivity index (χ1n) is 7.69. The zero-order chi connectivity index (χ0) is 17.8. The Balaban J connectivity index is 2.47. The number of hydrogen-bond donors (Lipinski definition) is 3. The molecule has 0 aliphatic carbocycles. The summed E-state index contributed by atoms with van der Waals surface area (Å²) in [6.07, 6.45) is 0. The predicted molar refractivity (Wildman–Crippen MR) is 92.4 cm³/mol. The van der Waals surface area contributed by atoms with Crippen molar-refractivity contribution in [2.75, 3.05) is 6.61 Å². The number of aliphatic hydroxyl groups excluding tert-OH is 1. The number of carbonyl (C=O) groups is 2. The molecule has 0 aromatic heterocycles. The number of amides is 2. The third-order valence-electron chi connectivity index (χ3n) is 4.58. The third-order valence-corrected chi connectivity index (χ3v) is 4.58. The summed E-state index contributed by atoms with van der Waals surface area (Å²) in [7, 11) is 0. The summed E-state index contributed by atoms with van der Waals surface area (Å²) < 4.78 is 0. The number of aliphatic hydroxyl groups is 1. The van der Waals surface area contributed by atoms with Crippen LogP contribution in [0.25, 0.3) is 0 Å². The largest absolute Gasteiger partial charge is 0.393 e. The van der Waals surface area contributed by atoms with Crippen LogP contribution in [0.15, 0.2) is 60.7 Å². The van der Waals surface area contributed by atoms with Crippen molar-refractivity contribution in [2.45, 2.75) is 24.8 Å². The van der Waals surface area contributed by atoms with Crippen molar-refractivity contribution in [2.24, 2.45) is 5.73 Å². The summed E-state index contributed by atoms with van der Waals surface area (Å²) in [5, 5.41) is 12.7. The molecule has 4 N–H and O–H groups in total. The zero-order valence-corrected chi connectivity index (χ0v) is 13.8. The van der Waals surface area contributed by atoms with E-state index in [2.05, 4.69) is 5.32 Å². The van der Waals surface area contributed by atoms with Gasteiger partial charge in [0.15, 0.2) is 5.54 Å². The molecule has 0 bridgehead atoms. The molecule has 2 amide bonds. The number of nitrogens with two attached hydrogens (primary N) is 1. The van der Waals surface area contributed by atoms with Crippen LogP contribution in [-0.2, 0) is 10.2 Å². The lowest BCUT2D eigenvalue weighted by Crippen LogP contribution is -2.69. The van der Waals surface area contributed by atoms with Crippen LogP contribution in [0.1, 0.15) is 29.8 Å². The highest BCUT2D eigenvalue weighted by Crippen LogP contribution is 2.35. The first kappa shape index (κ1) is 17.7. The molecule has 2 rings (SSSR count). The first-order chi connectivity index (χ1) is 11.3. The highest BCUT2D eigenvalue weighted by molar-refractivity contribution is 5.99. The van der Waals surface area contributed by atoms with Crippen LogP contribution in [0.4, 0.5) is 0 Å². The topological polar surface area (TPSA) is 92.4 Å². The van der Waals surface area contributed by atoms with E-state index in [4.69, 9.17) is 5.73 Å². The molecular weight excluding hydrogens is 304 g/mol. The normalized spacial score (nSPS) is 13.8. The fraction of sp³-hybridized carbons (Fsp3) is 0.263. The minimum Gasteiger partial charge on any atom is -0.393 e. The fourth-order valence-electron chi connectivity index (χ4n) is 2.80. The van der Waals surface area contributed by atoms with Gasteiger partial charge in [0.2, 0.25) is 5.91 Å². The molecule has 24 heavy (non-hydrogen) atoms. The van der Waals surface area contributed by atoms with Crippen molar-refractivity contribution in [3.05, 3.63) is 71.8 Å². The van der Waals surface area contributed by atoms with E-state index in [1.165, 1.54) is 0 Å². The minimum atomic E-state index is -1.64. The van der Waals surface area contributed by atoms with Crippen molar-refractivity contribution in [1.29, 1.82) is 0 Å². The van der Waals surface area contributed by atoms with Gasteiger partial charge in [-0.1, -0.05) is 62.4 Å². The monoisotopic (exact) mass is 326 g/mol. The summed E-state index contributed by atoms with van der Waals surface area (Å²) in [6, 6.07) is 17.7. The standard InChI is InChI=1S/C19H22N2O3/c1-18(2,15-11-7-4-8-12-15)19(13-22,17(20)24)21-16(23)14-9-5-3-6-10-14/h3-12,22H,13H2,1-2H3,(H2,20,24)(H,21,23). The Morgan fingerprint density at radius 1 is 1.00 bits per heavy atom. The Labute approximate surface area is 141 Å². The quantitative estimate of drug-likeness (QED) is 0.753. The van der Waals surface area contributed by atoms with Gasteiger partial charge < -0.3 is 16.2 Å². The number of hydrogen-bond acceptors (Lipinski definition) is 3. The second kappa shape index (κ2) is 6.84. The average molecular weight is 326 g/mol. The molecule has 0 aliphatic heterocycles. The molecule has 5 nitrogen and oxygen atoms in total. The highest BCUT2D eigenvalue weighted by Gasteiger charge is 2.51. The van der Waals surface area contributed by atoms with E-state index in [9.17, 15) is 14.7 Å². The molecule has 5 heteroatoms. The lowest BCUT2D eigenvalue weighted by Gasteiger charge is -2.44. The molecule has 1 atom stereocenters. The zero-order valence-electron chi connectivity index (χ0n) is 13.8. The Bertz CT molecular complexity index is 714. The lowest BCUT2D eigenvalue weighted by molar-refractivity contribution is -0.128. The van der Waals surface area contributed by atoms with Gasteiger partial charge in [-0.2, -0.15) is 0 Å². The minimum absolute atomic E-state index is 0.389. The maximum Gasteiger partial charge on any atom is 0.252 e. The summed E-state index contributed by atoms with van der Waals surface area (Å²) in [5.74, 6) is -1.25. The van der Waals surface area contributed by atoms with E-state index in [0.717, 1.165) is 5.56 Å². The summed E-state index contributed by atoms with van der Waals surface area (Å²) >= 11 is 0. The molecule has 0 radical (unpaired) electrons. The Morgan fingerprint density at radius 2 is 1.50 bits per heavy atom. The SMILES string of the molecule is CC(C)(c1ccccc1)C(CO)(NC(=O)c1ccccc1)C(N)=O. The van der Waals surface area contributed by atoms with Gasteiger partial charge in [-0.05, 0) is 17.7 Å². The van der Waals surface area contributed by atoms with E-state index in [1.807, 2.05) is 30.3 Å². The molecule has 0 fully saturated rings. The molecule has 0 heterocycles. The predicted octanol–water partition coefficient (Wildman–Crippen LogP) is 1.61. The molecule has 0 spiro atoms. The van der Waals surface area contributed by atoms with Crippen LogP contribution in [0.2, 0.25) is 0 Å². The third kappa shape index (κ3) is 3.03. The fourth-order valence-corrected chi connectivity index (χ4v) is 2.80.